The fourth-order valence-electron chi connectivity index (χ4n) is 2.10. The van der Waals surface area contributed by atoms with Crippen LogP contribution < -0.4 is 19.6 Å². The van der Waals surface area contributed by atoms with Crippen molar-refractivity contribution in [1.82, 2.24) is 5.43 Å². The summed E-state index contributed by atoms with van der Waals surface area (Å²) < 4.78 is 16.7. The number of nitriles is 1. The summed E-state index contributed by atoms with van der Waals surface area (Å²) in [4.78, 5) is 11.8. The summed E-state index contributed by atoms with van der Waals surface area (Å²) in [7, 11) is 0. The van der Waals surface area contributed by atoms with Gasteiger partial charge in [-0.1, -0.05) is 12.1 Å². The molecular weight excluding hydrogens is 390 g/mol. The van der Waals surface area contributed by atoms with Crippen molar-refractivity contribution in [2.75, 3.05) is 13.4 Å². The van der Waals surface area contributed by atoms with Gasteiger partial charge in [0.25, 0.3) is 5.91 Å². The van der Waals surface area contributed by atoms with Gasteiger partial charge in [-0.25, -0.2) is 5.43 Å². The molecule has 8 heteroatoms. The number of hydrazone groups is 1. The molecule has 1 N–H and O–H groups in total. The minimum Gasteiger partial charge on any atom is -0.482 e. The third-order valence-electron chi connectivity index (χ3n) is 3.22. The Balaban J connectivity index is 1.55. The van der Waals surface area contributed by atoms with Crippen molar-refractivity contribution in [2.24, 2.45) is 5.10 Å². The predicted octanol–water partition coefficient (Wildman–Crippen LogP) is 2.58. The van der Waals surface area contributed by atoms with Gasteiger partial charge < -0.3 is 14.2 Å². The van der Waals surface area contributed by atoms with Crippen molar-refractivity contribution >= 4 is 28.1 Å². The molecular formula is C17H12BrN3O4. The zero-order chi connectivity index (χ0) is 17.6. The summed E-state index contributed by atoms with van der Waals surface area (Å²) in [6.07, 6.45) is 1.48. The van der Waals surface area contributed by atoms with Crippen LogP contribution in [0.2, 0.25) is 0 Å². The zero-order valence-electron chi connectivity index (χ0n) is 12.9. The first kappa shape index (κ1) is 16.8. The van der Waals surface area contributed by atoms with Crippen LogP contribution in [-0.4, -0.2) is 25.5 Å². The van der Waals surface area contributed by atoms with E-state index in [0.717, 1.165) is 10.0 Å². The number of rotatable bonds is 5. The Kier molecular flexibility index (Phi) is 5.16. The van der Waals surface area contributed by atoms with E-state index in [1.165, 1.54) is 6.21 Å². The van der Waals surface area contributed by atoms with Gasteiger partial charge in [-0.3, -0.25) is 4.79 Å². The van der Waals surface area contributed by atoms with Crippen LogP contribution in [0, 0.1) is 11.3 Å². The fourth-order valence-corrected chi connectivity index (χ4v) is 2.68. The van der Waals surface area contributed by atoms with Gasteiger partial charge >= 0.3 is 0 Å². The molecule has 0 spiro atoms. The molecule has 126 valence electrons. The average Bonchev–Trinajstić information content (AvgIpc) is 3.09. The number of benzene rings is 2. The predicted molar refractivity (Wildman–Crippen MR) is 92.7 cm³/mol. The van der Waals surface area contributed by atoms with Gasteiger partial charge in [-0.15, -0.1) is 0 Å². The summed E-state index contributed by atoms with van der Waals surface area (Å²) in [6, 6.07) is 12.2. The molecule has 3 rings (SSSR count). The van der Waals surface area contributed by atoms with Crippen molar-refractivity contribution in [3.63, 3.8) is 0 Å². The summed E-state index contributed by atoms with van der Waals surface area (Å²) in [5, 5.41) is 12.8. The quantitative estimate of drug-likeness (QED) is 0.613. The Morgan fingerprint density at radius 2 is 2.24 bits per heavy atom. The van der Waals surface area contributed by atoms with Gasteiger partial charge in [0.15, 0.2) is 18.1 Å². The highest BCUT2D eigenvalue weighted by Crippen LogP contribution is 2.39. The van der Waals surface area contributed by atoms with Crippen LogP contribution in [0.25, 0.3) is 0 Å². The Morgan fingerprint density at radius 1 is 1.40 bits per heavy atom. The Morgan fingerprint density at radius 3 is 3.08 bits per heavy atom. The van der Waals surface area contributed by atoms with Crippen LogP contribution in [-0.2, 0) is 4.79 Å². The number of carbonyl (C=O) groups excluding carboxylic acids is 1. The number of carbonyl (C=O) groups is 1. The Bertz CT molecular complexity index is 877. The SMILES string of the molecule is N#Cc1ccccc1OCC(=O)N/N=C\c1cc(Br)c2c(c1)OCO2. The molecule has 2 aromatic carbocycles. The monoisotopic (exact) mass is 401 g/mol. The number of hydrogen-bond donors (Lipinski definition) is 1. The maximum atomic E-state index is 11.8. The first-order valence-corrected chi connectivity index (χ1v) is 7.99. The molecule has 25 heavy (non-hydrogen) atoms. The van der Waals surface area contributed by atoms with E-state index in [0.29, 0.717) is 22.8 Å². The highest BCUT2D eigenvalue weighted by atomic mass is 79.9. The molecule has 0 fully saturated rings. The van der Waals surface area contributed by atoms with Gasteiger partial charge in [-0.2, -0.15) is 10.4 Å². The molecule has 1 heterocycles. The standard InChI is InChI=1S/C17H12BrN3O4/c18-13-5-11(6-15-17(13)25-10-24-15)8-20-21-16(22)9-23-14-4-2-1-3-12(14)7-19/h1-6,8H,9-10H2,(H,21,22)/b20-8-. The fraction of sp³-hybridized carbons (Fsp3) is 0.118. The largest absolute Gasteiger partial charge is 0.482 e. The molecule has 0 saturated heterocycles. The number of ether oxygens (including phenoxy) is 3. The smallest absolute Gasteiger partial charge is 0.277 e. The second-order valence-corrected chi connectivity index (χ2v) is 5.78. The molecule has 0 atom stereocenters. The maximum Gasteiger partial charge on any atom is 0.277 e. The molecule has 0 aliphatic carbocycles. The molecule has 2 aromatic rings. The van der Waals surface area contributed by atoms with Crippen molar-refractivity contribution in [2.45, 2.75) is 0 Å². The minimum atomic E-state index is -0.441. The topological polar surface area (TPSA) is 92.9 Å². The van der Waals surface area contributed by atoms with E-state index < -0.39 is 5.91 Å². The first-order chi connectivity index (χ1) is 12.2. The molecule has 1 aliphatic heterocycles. The van der Waals surface area contributed by atoms with E-state index in [9.17, 15) is 4.79 Å². The lowest BCUT2D eigenvalue weighted by Crippen LogP contribution is -2.24. The Hall–Kier alpha value is -3.05. The summed E-state index contributed by atoms with van der Waals surface area (Å²) in [6.45, 7) is -0.0758. The number of para-hydroxylation sites is 1. The minimum absolute atomic E-state index is 0.173. The number of amides is 1. The molecule has 0 saturated carbocycles. The first-order valence-electron chi connectivity index (χ1n) is 7.20. The normalized spacial score (nSPS) is 12.0. The summed E-state index contributed by atoms with van der Waals surface area (Å²) in [5.74, 6) is 1.16. The number of nitrogens with one attached hydrogen (secondary N) is 1. The number of fused-ring (bicyclic) bond motifs is 1. The Labute approximate surface area is 151 Å². The van der Waals surface area contributed by atoms with Gasteiger partial charge in [0.1, 0.15) is 11.8 Å². The van der Waals surface area contributed by atoms with Crippen LogP contribution in [0.5, 0.6) is 17.2 Å². The van der Waals surface area contributed by atoms with Crippen molar-refractivity contribution in [3.8, 4) is 23.3 Å². The second-order valence-electron chi connectivity index (χ2n) is 4.93. The van der Waals surface area contributed by atoms with E-state index >= 15 is 0 Å². The highest BCUT2D eigenvalue weighted by Gasteiger charge is 2.17. The van der Waals surface area contributed by atoms with Gasteiger partial charge in [0, 0.05) is 0 Å². The lowest BCUT2D eigenvalue weighted by atomic mass is 10.2. The van der Waals surface area contributed by atoms with Crippen LogP contribution in [0.4, 0.5) is 0 Å². The maximum absolute atomic E-state index is 11.8. The van der Waals surface area contributed by atoms with Crippen LogP contribution in [0.1, 0.15) is 11.1 Å². The molecule has 1 aliphatic rings. The van der Waals surface area contributed by atoms with Crippen LogP contribution >= 0.6 is 15.9 Å². The summed E-state index contributed by atoms with van der Waals surface area (Å²) in [5.41, 5.74) is 3.45. The van der Waals surface area contributed by atoms with Crippen molar-refractivity contribution in [1.29, 1.82) is 5.26 Å². The highest BCUT2D eigenvalue weighted by molar-refractivity contribution is 9.10. The lowest BCUT2D eigenvalue weighted by molar-refractivity contribution is -0.123. The van der Waals surface area contributed by atoms with Crippen LogP contribution in [0.3, 0.4) is 0 Å². The molecule has 0 bridgehead atoms. The molecule has 0 radical (unpaired) electrons. The van der Waals surface area contributed by atoms with Crippen molar-refractivity contribution in [3.05, 3.63) is 52.0 Å². The van der Waals surface area contributed by atoms with E-state index in [1.54, 1.807) is 36.4 Å². The summed E-state index contributed by atoms with van der Waals surface area (Å²) >= 11 is 3.38. The number of nitrogens with zero attached hydrogens (tertiary/aromatic N) is 2. The average molecular weight is 402 g/mol. The van der Waals surface area contributed by atoms with Gasteiger partial charge in [0.2, 0.25) is 6.79 Å². The zero-order valence-corrected chi connectivity index (χ0v) is 14.4. The van der Waals surface area contributed by atoms with E-state index in [4.69, 9.17) is 19.5 Å². The molecule has 7 nitrogen and oxygen atoms in total. The third kappa shape index (κ3) is 4.08. The van der Waals surface area contributed by atoms with E-state index in [-0.39, 0.29) is 13.4 Å². The molecule has 1 amide bonds. The number of hydrogen-bond acceptors (Lipinski definition) is 6. The molecule has 0 unspecified atom stereocenters. The van der Waals surface area contributed by atoms with Crippen molar-refractivity contribution < 1.29 is 19.0 Å². The molecule has 0 aromatic heterocycles. The van der Waals surface area contributed by atoms with Gasteiger partial charge in [-0.05, 0) is 45.8 Å². The van der Waals surface area contributed by atoms with E-state index in [2.05, 4.69) is 26.5 Å². The second kappa shape index (κ2) is 7.68. The third-order valence-corrected chi connectivity index (χ3v) is 3.81. The van der Waals surface area contributed by atoms with Crippen LogP contribution in [0.15, 0.2) is 46.0 Å². The van der Waals surface area contributed by atoms with Gasteiger partial charge in [0.05, 0.1) is 16.3 Å². The number of halogens is 1. The van der Waals surface area contributed by atoms with E-state index in [1.807, 2.05) is 6.07 Å². The lowest BCUT2D eigenvalue weighted by Gasteiger charge is -2.06.